The van der Waals surface area contributed by atoms with Gasteiger partial charge in [0.2, 0.25) is 0 Å². The van der Waals surface area contributed by atoms with Gasteiger partial charge >= 0.3 is 6.18 Å². The van der Waals surface area contributed by atoms with Crippen LogP contribution < -0.4 is 5.32 Å². The highest BCUT2D eigenvalue weighted by Gasteiger charge is 2.60. The molecule has 0 fully saturated rings. The SMILES string of the molecule is Cc1ccc(CNC(=O)C(O)(c2ccccc2)C(F)(F)F)cc1. The lowest BCUT2D eigenvalue weighted by Gasteiger charge is -2.29. The Hall–Kier alpha value is -2.34. The van der Waals surface area contributed by atoms with Gasteiger partial charge in [0.25, 0.3) is 11.5 Å². The standard InChI is InChI=1S/C17H16F3NO2/c1-12-7-9-13(10-8-12)11-21-15(22)16(23,17(18,19)20)14-5-3-2-4-6-14/h2-10,23H,11H2,1H3,(H,21,22). The molecule has 2 aromatic carbocycles. The molecule has 0 spiro atoms. The van der Waals surface area contributed by atoms with Gasteiger partial charge in [-0.15, -0.1) is 0 Å². The molecule has 3 nitrogen and oxygen atoms in total. The molecule has 1 unspecified atom stereocenters. The smallest absolute Gasteiger partial charge is 0.369 e. The van der Waals surface area contributed by atoms with Crippen LogP contribution in [0, 0.1) is 6.92 Å². The van der Waals surface area contributed by atoms with Crippen molar-refractivity contribution in [3.05, 3.63) is 71.3 Å². The van der Waals surface area contributed by atoms with Crippen molar-refractivity contribution in [2.75, 3.05) is 0 Å². The summed E-state index contributed by atoms with van der Waals surface area (Å²) < 4.78 is 39.9. The number of rotatable bonds is 4. The zero-order valence-electron chi connectivity index (χ0n) is 12.4. The first-order valence-electron chi connectivity index (χ1n) is 6.93. The molecule has 0 bridgehead atoms. The molecule has 0 aliphatic heterocycles. The van der Waals surface area contributed by atoms with Gasteiger partial charge in [0.15, 0.2) is 0 Å². The van der Waals surface area contributed by atoms with Gasteiger partial charge in [-0.2, -0.15) is 13.2 Å². The van der Waals surface area contributed by atoms with Crippen LogP contribution in [0.2, 0.25) is 0 Å². The molecule has 23 heavy (non-hydrogen) atoms. The fourth-order valence-corrected chi connectivity index (χ4v) is 2.12. The summed E-state index contributed by atoms with van der Waals surface area (Å²) in [6.45, 7) is 1.77. The highest BCUT2D eigenvalue weighted by atomic mass is 19.4. The van der Waals surface area contributed by atoms with Crippen LogP contribution in [0.5, 0.6) is 0 Å². The Bertz CT molecular complexity index is 668. The van der Waals surface area contributed by atoms with Crippen molar-refractivity contribution >= 4 is 5.91 Å². The van der Waals surface area contributed by atoms with E-state index in [0.29, 0.717) is 5.56 Å². The molecule has 122 valence electrons. The number of amides is 1. The van der Waals surface area contributed by atoms with Crippen LogP contribution in [0.3, 0.4) is 0 Å². The summed E-state index contributed by atoms with van der Waals surface area (Å²) in [6, 6.07) is 13.3. The van der Waals surface area contributed by atoms with Crippen molar-refractivity contribution in [2.45, 2.75) is 25.2 Å². The van der Waals surface area contributed by atoms with E-state index in [4.69, 9.17) is 0 Å². The molecular formula is C17H16F3NO2. The van der Waals surface area contributed by atoms with Crippen molar-refractivity contribution in [2.24, 2.45) is 0 Å². The van der Waals surface area contributed by atoms with E-state index >= 15 is 0 Å². The van der Waals surface area contributed by atoms with Gasteiger partial charge in [-0.05, 0) is 12.5 Å². The summed E-state index contributed by atoms with van der Waals surface area (Å²) in [6.07, 6.45) is -5.13. The van der Waals surface area contributed by atoms with E-state index in [0.717, 1.165) is 17.7 Å². The number of alkyl halides is 3. The predicted octanol–water partition coefficient (Wildman–Crippen LogP) is 3.06. The Morgan fingerprint density at radius 3 is 2.13 bits per heavy atom. The van der Waals surface area contributed by atoms with Crippen LogP contribution in [0.1, 0.15) is 16.7 Å². The maximum atomic E-state index is 13.3. The molecule has 1 amide bonds. The van der Waals surface area contributed by atoms with E-state index in [1.54, 1.807) is 24.3 Å². The number of benzene rings is 2. The van der Waals surface area contributed by atoms with Crippen molar-refractivity contribution in [3.63, 3.8) is 0 Å². The fraction of sp³-hybridized carbons (Fsp3) is 0.235. The molecule has 2 aromatic rings. The third-order valence-electron chi connectivity index (χ3n) is 3.50. The molecule has 0 radical (unpaired) electrons. The Labute approximate surface area is 131 Å². The molecular weight excluding hydrogens is 307 g/mol. The molecule has 2 N–H and O–H groups in total. The van der Waals surface area contributed by atoms with Gasteiger partial charge in [-0.25, -0.2) is 0 Å². The second-order valence-corrected chi connectivity index (χ2v) is 5.24. The summed E-state index contributed by atoms with van der Waals surface area (Å²) >= 11 is 0. The number of carbonyl (C=O) groups excluding carboxylic acids is 1. The Morgan fingerprint density at radius 2 is 1.61 bits per heavy atom. The topological polar surface area (TPSA) is 49.3 Å². The van der Waals surface area contributed by atoms with Crippen molar-refractivity contribution in [1.29, 1.82) is 0 Å². The van der Waals surface area contributed by atoms with Crippen molar-refractivity contribution in [3.8, 4) is 0 Å². The molecule has 2 rings (SSSR count). The summed E-state index contributed by atoms with van der Waals surface area (Å²) in [5, 5.41) is 12.2. The molecule has 0 saturated heterocycles. The molecule has 0 aliphatic carbocycles. The number of carbonyl (C=O) groups is 1. The van der Waals surface area contributed by atoms with Crippen LogP contribution in [-0.4, -0.2) is 17.2 Å². The lowest BCUT2D eigenvalue weighted by Crippen LogP contribution is -2.54. The summed E-state index contributed by atoms with van der Waals surface area (Å²) in [5.41, 5.74) is -2.47. The Morgan fingerprint density at radius 1 is 1.04 bits per heavy atom. The second kappa shape index (κ2) is 6.42. The Balaban J connectivity index is 2.23. The van der Waals surface area contributed by atoms with Crippen LogP contribution in [0.4, 0.5) is 13.2 Å². The summed E-state index contributed by atoms with van der Waals surface area (Å²) in [4.78, 5) is 12.1. The molecule has 0 aromatic heterocycles. The highest BCUT2D eigenvalue weighted by molar-refractivity contribution is 5.87. The molecule has 0 heterocycles. The first-order valence-corrected chi connectivity index (χ1v) is 6.93. The quantitative estimate of drug-likeness (QED) is 0.908. The highest BCUT2D eigenvalue weighted by Crippen LogP contribution is 2.39. The number of aryl methyl sites for hydroxylation is 1. The first-order chi connectivity index (χ1) is 10.7. The maximum Gasteiger partial charge on any atom is 0.430 e. The average molecular weight is 323 g/mol. The van der Waals surface area contributed by atoms with Gasteiger partial charge in [-0.1, -0.05) is 60.2 Å². The second-order valence-electron chi connectivity index (χ2n) is 5.24. The van der Waals surface area contributed by atoms with Crippen molar-refractivity contribution < 1.29 is 23.1 Å². The van der Waals surface area contributed by atoms with Gasteiger partial charge in [-0.3, -0.25) is 4.79 Å². The minimum atomic E-state index is -5.13. The number of aliphatic hydroxyl groups is 1. The lowest BCUT2D eigenvalue weighted by molar-refractivity contribution is -0.257. The molecule has 1 atom stereocenters. The van der Waals surface area contributed by atoms with E-state index in [1.807, 2.05) is 6.92 Å². The van der Waals surface area contributed by atoms with E-state index in [1.165, 1.54) is 18.2 Å². The number of hydrogen-bond donors (Lipinski definition) is 2. The number of halogens is 3. The van der Waals surface area contributed by atoms with Crippen LogP contribution >= 0.6 is 0 Å². The minimum absolute atomic E-state index is 0.107. The zero-order valence-corrected chi connectivity index (χ0v) is 12.4. The predicted molar refractivity (Wildman–Crippen MR) is 79.4 cm³/mol. The van der Waals surface area contributed by atoms with Gasteiger partial charge in [0, 0.05) is 12.1 Å². The summed E-state index contributed by atoms with van der Waals surface area (Å²) in [7, 11) is 0. The summed E-state index contributed by atoms with van der Waals surface area (Å²) in [5.74, 6) is -1.50. The third kappa shape index (κ3) is 3.53. The minimum Gasteiger partial charge on any atom is -0.369 e. The maximum absolute atomic E-state index is 13.3. The normalized spacial score (nSPS) is 14.1. The van der Waals surface area contributed by atoms with E-state index < -0.39 is 23.2 Å². The van der Waals surface area contributed by atoms with E-state index in [9.17, 15) is 23.1 Å². The Kier molecular flexibility index (Phi) is 4.75. The van der Waals surface area contributed by atoms with Gasteiger partial charge in [0.1, 0.15) is 0 Å². The van der Waals surface area contributed by atoms with Crippen molar-refractivity contribution in [1.82, 2.24) is 5.32 Å². The average Bonchev–Trinajstić information content (AvgIpc) is 2.53. The van der Waals surface area contributed by atoms with E-state index in [2.05, 4.69) is 5.32 Å². The van der Waals surface area contributed by atoms with Crippen LogP contribution in [0.15, 0.2) is 54.6 Å². The van der Waals surface area contributed by atoms with Gasteiger partial charge in [0.05, 0.1) is 0 Å². The molecule has 6 heteroatoms. The van der Waals surface area contributed by atoms with Gasteiger partial charge < -0.3 is 10.4 Å². The third-order valence-corrected chi connectivity index (χ3v) is 3.50. The lowest BCUT2D eigenvalue weighted by atomic mass is 9.92. The largest absolute Gasteiger partial charge is 0.430 e. The number of hydrogen-bond acceptors (Lipinski definition) is 2. The zero-order chi connectivity index (χ0) is 17.1. The molecule has 0 saturated carbocycles. The fourth-order valence-electron chi connectivity index (χ4n) is 2.12. The number of nitrogens with one attached hydrogen (secondary N) is 1. The first kappa shape index (κ1) is 17.0. The van der Waals surface area contributed by atoms with Crippen LogP contribution in [-0.2, 0) is 16.9 Å². The monoisotopic (exact) mass is 323 g/mol. The molecule has 0 aliphatic rings. The van der Waals surface area contributed by atoms with E-state index in [-0.39, 0.29) is 6.54 Å². The van der Waals surface area contributed by atoms with Crippen LogP contribution in [0.25, 0.3) is 0 Å².